The molecular formula is C15H16ClN3OS. The fraction of sp³-hybridized carbons (Fsp3) is 0.333. The molecule has 1 fully saturated rings. The van der Waals surface area contributed by atoms with Gasteiger partial charge >= 0.3 is 0 Å². The van der Waals surface area contributed by atoms with E-state index in [1.54, 1.807) is 0 Å². The Kier molecular flexibility index (Phi) is 4.33. The predicted octanol–water partition coefficient (Wildman–Crippen LogP) is 2.56. The van der Waals surface area contributed by atoms with E-state index in [1.165, 1.54) is 11.8 Å². The second-order valence-corrected chi connectivity index (χ2v) is 6.54. The maximum absolute atomic E-state index is 12.1. The Labute approximate surface area is 133 Å². The molecule has 2 aliphatic heterocycles. The number of carbonyl (C=O) groups is 1. The molecule has 0 aromatic heterocycles. The number of hydrogen-bond donors (Lipinski definition) is 0. The molecule has 0 unspecified atom stereocenters. The third kappa shape index (κ3) is 3.31. The van der Waals surface area contributed by atoms with Crippen molar-refractivity contribution in [3.63, 3.8) is 0 Å². The lowest BCUT2D eigenvalue weighted by atomic mass is 10.2. The van der Waals surface area contributed by atoms with Crippen molar-refractivity contribution in [2.75, 3.05) is 33.2 Å². The fourth-order valence-electron chi connectivity index (χ4n) is 2.26. The maximum Gasteiger partial charge on any atom is 0.286 e. The zero-order valence-electron chi connectivity index (χ0n) is 11.8. The summed E-state index contributed by atoms with van der Waals surface area (Å²) in [4.78, 5) is 21.3. The Morgan fingerprint density at radius 3 is 2.67 bits per heavy atom. The molecule has 0 bridgehead atoms. The van der Waals surface area contributed by atoms with Crippen LogP contribution in [0.1, 0.15) is 5.56 Å². The lowest BCUT2D eigenvalue weighted by molar-refractivity contribution is -0.113. The van der Waals surface area contributed by atoms with Crippen LogP contribution in [-0.2, 0) is 4.79 Å². The zero-order valence-corrected chi connectivity index (χ0v) is 13.3. The minimum Gasteiger partial charge on any atom is -0.348 e. The van der Waals surface area contributed by atoms with E-state index in [1.807, 2.05) is 30.3 Å². The Hall–Kier alpha value is -1.30. The second kappa shape index (κ2) is 6.22. The molecule has 0 saturated carbocycles. The number of likely N-dealkylation sites (N-methyl/N-ethyl adjacent to an activating group) is 1. The van der Waals surface area contributed by atoms with Crippen LogP contribution in [0.3, 0.4) is 0 Å². The van der Waals surface area contributed by atoms with E-state index in [2.05, 4.69) is 21.8 Å². The van der Waals surface area contributed by atoms with Gasteiger partial charge in [-0.05, 0) is 36.5 Å². The van der Waals surface area contributed by atoms with Gasteiger partial charge in [0.15, 0.2) is 5.17 Å². The van der Waals surface area contributed by atoms with Crippen molar-refractivity contribution >= 4 is 40.5 Å². The van der Waals surface area contributed by atoms with Crippen LogP contribution in [0.4, 0.5) is 0 Å². The average Bonchev–Trinajstić information content (AvgIpc) is 2.83. The van der Waals surface area contributed by atoms with Crippen LogP contribution in [0.25, 0.3) is 6.08 Å². The van der Waals surface area contributed by atoms with Gasteiger partial charge in [0.2, 0.25) is 0 Å². The van der Waals surface area contributed by atoms with Crippen molar-refractivity contribution in [3.8, 4) is 0 Å². The van der Waals surface area contributed by atoms with E-state index in [0.29, 0.717) is 9.93 Å². The van der Waals surface area contributed by atoms with E-state index < -0.39 is 0 Å². The molecule has 0 spiro atoms. The molecule has 3 rings (SSSR count). The van der Waals surface area contributed by atoms with E-state index in [0.717, 1.165) is 36.9 Å². The summed E-state index contributed by atoms with van der Waals surface area (Å²) in [6, 6.07) is 7.50. The van der Waals surface area contributed by atoms with Gasteiger partial charge in [0.05, 0.1) is 4.91 Å². The summed E-state index contributed by atoms with van der Waals surface area (Å²) < 4.78 is 0. The van der Waals surface area contributed by atoms with Crippen molar-refractivity contribution < 1.29 is 4.79 Å². The van der Waals surface area contributed by atoms with Crippen LogP contribution >= 0.6 is 23.4 Å². The number of piperazine rings is 1. The molecule has 0 aliphatic carbocycles. The third-order valence-electron chi connectivity index (χ3n) is 3.57. The number of rotatable bonds is 1. The third-order valence-corrected chi connectivity index (χ3v) is 4.96. The molecule has 2 aliphatic rings. The smallest absolute Gasteiger partial charge is 0.286 e. The number of amides is 1. The molecule has 1 aromatic carbocycles. The van der Waals surface area contributed by atoms with Crippen LogP contribution in [0.15, 0.2) is 34.2 Å². The quantitative estimate of drug-likeness (QED) is 0.745. The first-order chi connectivity index (χ1) is 10.1. The number of carbonyl (C=O) groups excluding carboxylic acids is 1. The summed E-state index contributed by atoms with van der Waals surface area (Å²) in [7, 11) is 2.11. The lowest BCUT2D eigenvalue weighted by Crippen LogP contribution is -2.46. The molecule has 0 N–H and O–H groups in total. The number of halogens is 1. The van der Waals surface area contributed by atoms with Gasteiger partial charge in [0.25, 0.3) is 5.91 Å². The molecule has 1 aromatic rings. The number of thioether (sulfide) groups is 1. The molecule has 0 atom stereocenters. The highest BCUT2D eigenvalue weighted by molar-refractivity contribution is 8.18. The summed E-state index contributed by atoms with van der Waals surface area (Å²) in [6.07, 6.45) is 1.82. The van der Waals surface area contributed by atoms with E-state index >= 15 is 0 Å². The zero-order chi connectivity index (χ0) is 14.8. The number of amidine groups is 1. The topological polar surface area (TPSA) is 35.9 Å². The SMILES string of the molecule is CN1CCN(C2=NC(=O)C(=Cc3ccccc3Cl)S2)CC1. The summed E-state index contributed by atoms with van der Waals surface area (Å²) in [5.41, 5.74) is 0.852. The summed E-state index contributed by atoms with van der Waals surface area (Å²) >= 11 is 7.57. The monoisotopic (exact) mass is 321 g/mol. The standard InChI is InChI=1S/C15H16ClN3OS/c1-18-6-8-19(9-7-18)15-17-14(20)13(21-15)10-11-4-2-3-5-12(11)16/h2-5,10H,6-9H2,1H3. The maximum atomic E-state index is 12.1. The van der Waals surface area contributed by atoms with Gasteiger partial charge in [0, 0.05) is 31.2 Å². The van der Waals surface area contributed by atoms with E-state index in [9.17, 15) is 4.79 Å². The Morgan fingerprint density at radius 2 is 1.95 bits per heavy atom. The normalized spacial score (nSPS) is 22.0. The Balaban J connectivity index is 1.74. The molecule has 1 amide bonds. The van der Waals surface area contributed by atoms with Crippen LogP contribution in [-0.4, -0.2) is 54.1 Å². The van der Waals surface area contributed by atoms with E-state index in [-0.39, 0.29) is 5.91 Å². The first-order valence-corrected chi connectivity index (χ1v) is 8.03. The first-order valence-electron chi connectivity index (χ1n) is 6.84. The van der Waals surface area contributed by atoms with Gasteiger partial charge in [-0.25, -0.2) is 0 Å². The molecule has 0 radical (unpaired) electrons. The molecule has 110 valence electrons. The highest BCUT2D eigenvalue weighted by Gasteiger charge is 2.27. The number of hydrogen-bond acceptors (Lipinski definition) is 4. The second-order valence-electron chi connectivity index (χ2n) is 5.12. The minimum atomic E-state index is -0.172. The largest absolute Gasteiger partial charge is 0.348 e. The van der Waals surface area contributed by atoms with E-state index in [4.69, 9.17) is 11.6 Å². The molecule has 2 heterocycles. The van der Waals surface area contributed by atoms with Crippen LogP contribution < -0.4 is 0 Å². The molecule has 6 heteroatoms. The number of benzene rings is 1. The fourth-order valence-corrected chi connectivity index (χ4v) is 3.41. The van der Waals surface area contributed by atoms with Crippen molar-refractivity contribution in [3.05, 3.63) is 39.8 Å². The minimum absolute atomic E-state index is 0.172. The van der Waals surface area contributed by atoms with Gasteiger partial charge in [-0.3, -0.25) is 4.79 Å². The van der Waals surface area contributed by atoms with Crippen molar-refractivity contribution in [2.24, 2.45) is 4.99 Å². The van der Waals surface area contributed by atoms with Gasteiger partial charge in [-0.2, -0.15) is 4.99 Å². The van der Waals surface area contributed by atoms with Crippen molar-refractivity contribution in [2.45, 2.75) is 0 Å². The molecule has 21 heavy (non-hydrogen) atoms. The van der Waals surface area contributed by atoms with Crippen molar-refractivity contribution in [1.82, 2.24) is 9.80 Å². The van der Waals surface area contributed by atoms with Crippen molar-refractivity contribution in [1.29, 1.82) is 0 Å². The van der Waals surface area contributed by atoms with Gasteiger partial charge in [-0.1, -0.05) is 29.8 Å². The molecule has 1 saturated heterocycles. The Morgan fingerprint density at radius 1 is 1.24 bits per heavy atom. The Bertz CT molecular complexity index is 621. The summed E-state index contributed by atoms with van der Waals surface area (Å²) in [5.74, 6) is -0.172. The van der Waals surface area contributed by atoms with Gasteiger partial charge in [-0.15, -0.1) is 0 Å². The highest BCUT2D eigenvalue weighted by Crippen LogP contribution is 2.31. The van der Waals surface area contributed by atoms with Gasteiger partial charge in [0.1, 0.15) is 0 Å². The summed E-state index contributed by atoms with van der Waals surface area (Å²) in [6.45, 7) is 3.82. The van der Waals surface area contributed by atoms with Gasteiger partial charge < -0.3 is 9.80 Å². The van der Waals surface area contributed by atoms with Crippen LogP contribution in [0, 0.1) is 0 Å². The number of aliphatic imine (C=N–C) groups is 1. The highest BCUT2D eigenvalue weighted by atomic mass is 35.5. The predicted molar refractivity (Wildman–Crippen MR) is 88.5 cm³/mol. The number of nitrogens with zero attached hydrogens (tertiary/aromatic N) is 3. The molecule has 4 nitrogen and oxygen atoms in total. The van der Waals surface area contributed by atoms with Crippen LogP contribution in [0.2, 0.25) is 5.02 Å². The molecular weight excluding hydrogens is 306 g/mol. The lowest BCUT2D eigenvalue weighted by Gasteiger charge is -2.32. The summed E-state index contributed by atoms with van der Waals surface area (Å²) in [5, 5.41) is 1.46. The average molecular weight is 322 g/mol. The van der Waals surface area contributed by atoms with Crippen LogP contribution in [0.5, 0.6) is 0 Å². The first kappa shape index (κ1) is 14.6.